The van der Waals surface area contributed by atoms with Crippen LogP contribution < -0.4 is 0 Å². The summed E-state index contributed by atoms with van der Waals surface area (Å²) in [6.07, 6.45) is 3.39. The quantitative estimate of drug-likeness (QED) is 0.299. The Hall–Kier alpha value is -4.68. The molecule has 0 aliphatic carbocycles. The predicted molar refractivity (Wildman–Crippen MR) is 134 cm³/mol. The molecule has 0 saturated heterocycles. The Bertz CT molecular complexity index is 1670. The highest BCUT2D eigenvalue weighted by Gasteiger charge is 2.13. The number of pyridine rings is 1. The van der Waals surface area contributed by atoms with Gasteiger partial charge in [0.15, 0.2) is 0 Å². The van der Waals surface area contributed by atoms with Gasteiger partial charge in [-0.05, 0) is 53.1 Å². The minimum Gasteiger partial charge on any atom is -0.309 e. The van der Waals surface area contributed by atoms with Crippen molar-refractivity contribution in [1.82, 2.24) is 9.55 Å². The van der Waals surface area contributed by atoms with Crippen molar-refractivity contribution in [2.45, 2.75) is 0 Å². The van der Waals surface area contributed by atoms with Gasteiger partial charge in [-0.15, -0.1) is 0 Å². The molecule has 0 aliphatic rings. The van der Waals surface area contributed by atoms with Crippen LogP contribution in [0, 0.1) is 11.3 Å². The van der Waals surface area contributed by atoms with Crippen molar-refractivity contribution in [3.63, 3.8) is 0 Å². The highest BCUT2D eigenvalue weighted by atomic mass is 15.0. The Morgan fingerprint density at radius 2 is 1.30 bits per heavy atom. The molecule has 6 rings (SSSR count). The molecule has 4 aromatic carbocycles. The first-order valence-electron chi connectivity index (χ1n) is 10.9. The first-order chi connectivity index (χ1) is 16.3. The molecule has 0 radical (unpaired) electrons. The van der Waals surface area contributed by atoms with Gasteiger partial charge in [-0.2, -0.15) is 5.26 Å². The third-order valence-corrected chi connectivity index (χ3v) is 6.08. The minimum absolute atomic E-state index is 0.562. The molecule has 6 aromatic rings. The van der Waals surface area contributed by atoms with Gasteiger partial charge < -0.3 is 4.57 Å². The number of fused-ring (bicyclic) bond motifs is 3. The molecule has 2 aromatic heterocycles. The van der Waals surface area contributed by atoms with Gasteiger partial charge >= 0.3 is 0 Å². The molecule has 3 nitrogen and oxygen atoms in total. The smallest absolute Gasteiger partial charge is 0.101 e. The van der Waals surface area contributed by atoms with E-state index in [0.717, 1.165) is 27.9 Å². The van der Waals surface area contributed by atoms with Crippen molar-refractivity contribution in [3.8, 4) is 34.0 Å². The third-order valence-electron chi connectivity index (χ3n) is 6.08. The summed E-state index contributed by atoms with van der Waals surface area (Å²) in [6.45, 7) is 0. The van der Waals surface area contributed by atoms with Crippen LogP contribution >= 0.6 is 0 Å². The Labute approximate surface area is 191 Å². The first kappa shape index (κ1) is 19.0. The topological polar surface area (TPSA) is 41.6 Å². The van der Waals surface area contributed by atoms with E-state index in [1.165, 1.54) is 21.8 Å². The molecule has 0 aliphatic heterocycles. The molecule has 0 N–H and O–H groups in total. The van der Waals surface area contributed by atoms with Gasteiger partial charge in [0, 0.05) is 34.4 Å². The summed E-state index contributed by atoms with van der Waals surface area (Å²) >= 11 is 0. The van der Waals surface area contributed by atoms with Crippen LogP contribution in [0.4, 0.5) is 0 Å². The average Bonchev–Trinajstić information content (AvgIpc) is 3.23. The van der Waals surface area contributed by atoms with Crippen LogP contribution in [0.5, 0.6) is 0 Å². The molecular formula is C30H19N3. The molecule has 33 heavy (non-hydrogen) atoms. The van der Waals surface area contributed by atoms with Crippen molar-refractivity contribution in [2.24, 2.45) is 0 Å². The summed E-state index contributed by atoms with van der Waals surface area (Å²) < 4.78 is 2.33. The van der Waals surface area contributed by atoms with E-state index < -0.39 is 0 Å². The lowest BCUT2D eigenvalue weighted by Crippen LogP contribution is -1.93. The van der Waals surface area contributed by atoms with Crippen molar-refractivity contribution in [2.75, 3.05) is 0 Å². The van der Waals surface area contributed by atoms with E-state index in [4.69, 9.17) is 0 Å². The zero-order chi connectivity index (χ0) is 22.2. The lowest BCUT2D eigenvalue weighted by molar-refractivity contribution is 1.18. The lowest BCUT2D eigenvalue weighted by atomic mass is 9.98. The van der Waals surface area contributed by atoms with Gasteiger partial charge in [0.25, 0.3) is 0 Å². The van der Waals surface area contributed by atoms with Crippen LogP contribution in [-0.4, -0.2) is 9.55 Å². The number of nitrogens with zero attached hydrogens (tertiary/aromatic N) is 3. The highest BCUT2D eigenvalue weighted by molar-refractivity contribution is 6.10. The van der Waals surface area contributed by atoms with E-state index in [1.54, 1.807) is 12.4 Å². The summed E-state index contributed by atoms with van der Waals surface area (Å²) in [5, 5.41) is 11.7. The Morgan fingerprint density at radius 3 is 2.15 bits per heavy atom. The fourth-order valence-electron chi connectivity index (χ4n) is 4.54. The van der Waals surface area contributed by atoms with Gasteiger partial charge in [0.1, 0.15) is 6.07 Å². The number of hydrogen-bond donors (Lipinski definition) is 0. The fraction of sp³-hybridized carbons (Fsp3) is 0. The molecule has 0 bridgehead atoms. The van der Waals surface area contributed by atoms with Gasteiger partial charge in [-0.25, -0.2) is 0 Å². The lowest BCUT2D eigenvalue weighted by Gasteiger charge is -2.10. The van der Waals surface area contributed by atoms with Crippen LogP contribution in [0.1, 0.15) is 5.56 Å². The van der Waals surface area contributed by atoms with Gasteiger partial charge in [-0.3, -0.25) is 4.98 Å². The Balaban J connectivity index is 1.55. The maximum absolute atomic E-state index is 9.23. The van der Waals surface area contributed by atoms with E-state index in [1.807, 2.05) is 12.1 Å². The number of hydrogen-bond acceptors (Lipinski definition) is 2. The van der Waals surface area contributed by atoms with Gasteiger partial charge in [-0.1, -0.05) is 66.7 Å². The summed E-state index contributed by atoms with van der Waals surface area (Å²) in [7, 11) is 0. The van der Waals surface area contributed by atoms with Crippen LogP contribution in [0.3, 0.4) is 0 Å². The maximum Gasteiger partial charge on any atom is 0.101 e. The molecule has 0 spiro atoms. The molecule has 0 atom stereocenters. The third kappa shape index (κ3) is 3.26. The SMILES string of the molecule is N#Cc1cncc(-c2cccc(-c3ccc4c5ccccc5n(-c5ccccc5)c4c3)c2)c1. The van der Waals surface area contributed by atoms with E-state index in [2.05, 4.69) is 107 Å². The highest BCUT2D eigenvalue weighted by Crippen LogP contribution is 2.35. The standard InChI is InChI=1S/C30H19N3/c31-18-21-15-25(20-32-19-21)23-8-6-7-22(16-23)24-13-14-28-27-11-4-5-12-29(27)33(30(28)17-24)26-9-2-1-3-10-26/h1-17,19-20H. The first-order valence-corrected chi connectivity index (χ1v) is 10.9. The molecule has 3 heteroatoms. The van der Waals surface area contributed by atoms with Crippen LogP contribution in [0.15, 0.2) is 116 Å². The second-order valence-corrected chi connectivity index (χ2v) is 8.07. The van der Waals surface area contributed by atoms with Crippen LogP contribution in [0.25, 0.3) is 49.7 Å². The number of benzene rings is 4. The second-order valence-electron chi connectivity index (χ2n) is 8.07. The predicted octanol–water partition coefficient (Wildman–Crippen LogP) is 7.38. The van der Waals surface area contributed by atoms with Crippen molar-refractivity contribution < 1.29 is 0 Å². The summed E-state index contributed by atoms with van der Waals surface area (Å²) in [5.74, 6) is 0. The number of rotatable bonds is 3. The molecule has 0 fully saturated rings. The number of para-hydroxylation sites is 2. The van der Waals surface area contributed by atoms with E-state index in [9.17, 15) is 5.26 Å². The van der Waals surface area contributed by atoms with E-state index in [0.29, 0.717) is 5.56 Å². The maximum atomic E-state index is 9.23. The summed E-state index contributed by atoms with van der Waals surface area (Å²) in [4.78, 5) is 4.22. The van der Waals surface area contributed by atoms with Gasteiger partial charge in [0.05, 0.1) is 16.6 Å². The minimum atomic E-state index is 0.562. The zero-order valence-corrected chi connectivity index (χ0v) is 17.8. The molecule has 2 heterocycles. The van der Waals surface area contributed by atoms with Crippen molar-refractivity contribution in [3.05, 3.63) is 121 Å². The second kappa shape index (κ2) is 7.78. The Kier molecular flexibility index (Phi) is 4.49. The van der Waals surface area contributed by atoms with E-state index in [-0.39, 0.29) is 0 Å². The Morgan fingerprint density at radius 1 is 0.576 bits per heavy atom. The van der Waals surface area contributed by atoms with E-state index >= 15 is 0 Å². The average molecular weight is 422 g/mol. The van der Waals surface area contributed by atoms with Crippen molar-refractivity contribution in [1.29, 1.82) is 5.26 Å². The number of nitriles is 1. The summed E-state index contributed by atoms with van der Waals surface area (Å²) in [5.41, 5.74) is 8.34. The fourth-order valence-corrected chi connectivity index (χ4v) is 4.54. The zero-order valence-electron chi connectivity index (χ0n) is 17.8. The van der Waals surface area contributed by atoms with Gasteiger partial charge in [0.2, 0.25) is 0 Å². The molecule has 0 unspecified atom stereocenters. The molecular weight excluding hydrogens is 402 g/mol. The van der Waals surface area contributed by atoms with Crippen LogP contribution in [0.2, 0.25) is 0 Å². The largest absolute Gasteiger partial charge is 0.309 e. The van der Waals surface area contributed by atoms with Crippen molar-refractivity contribution >= 4 is 21.8 Å². The normalized spacial score (nSPS) is 11.0. The molecule has 0 saturated carbocycles. The summed E-state index contributed by atoms with van der Waals surface area (Å²) in [6, 6.07) is 38.2. The molecule has 0 amide bonds. The molecule has 154 valence electrons. The van der Waals surface area contributed by atoms with Crippen LogP contribution in [-0.2, 0) is 0 Å². The monoisotopic (exact) mass is 421 g/mol. The number of aromatic nitrogens is 2.